The molecular formula is C24H22F2N6OS. The molecule has 2 amide bonds. The Morgan fingerprint density at radius 1 is 1.06 bits per heavy atom. The van der Waals surface area contributed by atoms with Crippen LogP contribution in [0.3, 0.4) is 0 Å². The molecule has 0 aliphatic heterocycles. The normalized spacial score (nSPS) is 13.9. The van der Waals surface area contributed by atoms with Crippen LogP contribution >= 0.6 is 11.8 Å². The topological polar surface area (TPSA) is 97.9 Å². The smallest absolute Gasteiger partial charge is 0.323 e. The lowest BCUT2D eigenvalue weighted by Crippen LogP contribution is -2.20. The molecule has 7 nitrogen and oxygen atoms in total. The second-order valence-electron chi connectivity index (χ2n) is 8.13. The molecule has 4 N–H and O–H groups in total. The Morgan fingerprint density at radius 2 is 1.82 bits per heavy atom. The molecule has 0 bridgehead atoms. The first-order valence-electron chi connectivity index (χ1n) is 10.9. The van der Waals surface area contributed by atoms with Gasteiger partial charge >= 0.3 is 6.03 Å². The number of carbonyl (C=O) groups is 1. The van der Waals surface area contributed by atoms with Crippen LogP contribution in [0, 0.1) is 11.6 Å². The average molecular weight is 481 g/mol. The fourth-order valence-corrected chi connectivity index (χ4v) is 5.21. The maximum Gasteiger partial charge on any atom is 0.323 e. The molecule has 1 aliphatic carbocycles. The van der Waals surface area contributed by atoms with Crippen LogP contribution in [0.5, 0.6) is 0 Å². The quantitative estimate of drug-likeness (QED) is 0.316. The molecule has 1 saturated carbocycles. The van der Waals surface area contributed by atoms with E-state index >= 15 is 0 Å². The molecule has 0 spiro atoms. The van der Waals surface area contributed by atoms with Crippen LogP contribution in [0.15, 0.2) is 64.8 Å². The summed E-state index contributed by atoms with van der Waals surface area (Å²) < 4.78 is 29.0. The number of nitrogens with one attached hydrogen (secondary N) is 2. The number of anilines is 3. The Hall–Kier alpha value is -3.66. The van der Waals surface area contributed by atoms with Crippen LogP contribution in [0.1, 0.15) is 31.7 Å². The highest BCUT2D eigenvalue weighted by Crippen LogP contribution is 2.40. The van der Waals surface area contributed by atoms with Crippen LogP contribution < -0.4 is 16.4 Å². The first-order chi connectivity index (χ1) is 16.5. The Bertz CT molecular complexity index is 1350. The maximum atomic E-state index is 13.7. The van der Waals surface area contributed by atoms with Crippen molar-refractivity contribution >= 4 is 46.0 Å². The zero-order valence-corrected chi connectivity index (χ0v) is 18.9. The lowest BCUT2D eigenvalue weighted by Gasteiger charge is -2.12. The van der Waals surface area contributed by atoms with E-state index in [4.69, 9.17) is 5.73 Å². The second kappa shape index (κ2) is 9.30. The number of urea groups is 1. The lowest BCUT2D eigenvalue weighted by molar-refractivity contribution is 0.262. The minimum Gasteiger partial charge on any atom is -0.383 e. The molecule has 2 heterocycles. The van der Waals surface area contributed by atoms with E-state index in [2.05, 4.69) is 31.4 Å². The fraction of sp³-hybridized carbons (Fsp3) is 0.208. The Labute approximate surface area is 198 Å². The van der Waals surface area contributed by atoms with Gasteiger partial charge in [0.25, 0.3) is 0 Å². The molecule has 34 heavy (non-hydrogen) atoms. The van der Waals surface area contributed by atoms with Crippen LogP contribution in [-0.2, 0) is 0 Å². The standard InChI is InChI=1S/C24H22F2N6OS/c25-14-5-10-19(18(26)11-14)31-24(33)30-15-6-8-17(9-7-15)34-20-12-32(16-3-1-2-4-16)23-21(20)22(27)28-13-29-23/h5-13,16H,1-4H2,(H2,27,28,29)(H2,30,31,33). The summed E-state index contributed by atoms with van der Waals surface area (Å²) in [7, 11) is 0. The summed E-state index contributed by atoms with van der Waals surface area (Å²) >= 11 is 1.55. The van der Waals surface area contributed by atoms with Crippen molar-refractivity contribution in [3.05, 3.63) is 66.6 Å². The van der Waals surface area contributed by atoms with Crippen molar-refractivity contribution in [2.45, 2.75) is 41.5 Å². The van der Waals surface area contributed by atoms with E-state index < -0.39 is 17.7 Å². The van der Waals surface area contributed by atoms with Gasteiger partial charge in [0.1, 0.15) is 29.4 Å². The van der Waals surface area contributed by atoms with Crippen molar-refractivity contribution in [1.29, 1.82) is 0 Å². The van der Waals surface area contributed by atoms with E-state index in [1.165, 1.54) is 25.2 Å². The number of aromatic nitrogens is 3. The van der Waals surface area contributed by atoms with Crippen LogP contribution in [-0.4, -0.2) is 20.6 Å². The Kier molecular flexibility index (Phi) is 6.06. The van der Waals surface area contributed by atoms with Crippen molar-refractivity contribution in [2.24, 2.45) is 0 Å². The summed E-state index contributed by atoms with van der Waals surface area (Å²) in [5.41, 5.74) is 7.48. The SMILES string of the molecule is Nc1ncnc2c1c(Sc1ccc(NC(=O)Nc3ccc(F)cc3F)cc1)cn2C1CCCC1. The van der Waals surface area contributed by atoms with Gasteiger partial charge in [0.2, 0.25) is 0 Å². The number of hydrogen-bond acceptors (Lipinski definition) is 5. The summed E-state index contributed by atoms with van der Waals surface area (Å²) in [5, 5.41) is 5.86. The predicted octanol–water partition coefficient (Wildman–Crippen LogP) is 6.20. The number of rotatable bonds is 5. The van der Waals surface area contributed by atoms with E-state index in [1.54, 1.807) is 23.9 Å². The molecular weight excluding hydrogens is 458 g/mol. The van der Waals surface area contributed by atoms with E-state index in [0.29, 0.717) is 23.6 Å². The van der Waals surface area contributed by atoms with Gasteiger partial charge in [0.05, 0.1) is 11.1 Å². The van der Waals surface area contributed by atoms with Gasteiger partial charge in [-0.3, -0.25) is 0 Å². The molecule has 0 unspecified atom stereocenters. The van der Waals surface area contributed by atoms with E-state index in [9.17, 15) is 13.6 Å². The largest absolute Gasteiger partial charge is 0.383 e. The molecule has 1 fully saturated rings. The molecule has 0 saturated heterocycles. The van der Waals surface area contributed by atoms with Gasteiger partial charge in [0.15, 0.2) is 0 Å². The molecule has 2 aromatic carbocycles. The van der Waals surface area contributed by atoms with E-state index in [0.717, 1.165) is 39.7 Å². The number of fused-ring (bicyclic) bond motifs is 1. The maximum absolute atomic E-state index is 13.7. The zero-order chi connectivity index (χ0) is 23.7. The number of carbonyl (C=O) groups excluding carboxylic acids is 1. The molecule has 2 aromatic heterocycles. The predicted molar refractivity (Wildman–Crippen MR) is 129 cm³/mol. The summed E-state index contributed by atoms with van der Waals surface area (Å²) in [6, 6.07) is 9.99. The van der Waals surface area contributed by atoms with E-state index in [-0.39, 0.29) is 5.69 Å². The summed E-state index contributed by atoms with van der Waals surface area (Å²) in [4.78, 5) is 22.8. The van der Waals surface area contributed by atoms with Crippen LogP contribution in [0.4, 0.5) is 30.8 Å². The number of halogens is 2. The fourth-order valence-electron chi connectivity index (χ4n) is 4.22. The second-order valence-corrected chi connectivity index (χ2v) is 9.24. The van der Waals surface area contributed by atoms with Gasteiger partial charge in [-0.05, 0) is 49.2 Å². The first kappa shape index (κ1) is 22.1. The summed E-state index contributed by atoms with van der Waals surface area (Å²) in [5.74, 6) is -1.11. The summed E-state index contributed by atoms with van der Waals surface area (Å²) in [6.45, 7) is 0. The van der Waals surface area contributed by atoms with Crippen molar-refractivity contribution in [1.82, 2.24) is 14.5 Å². The molecule has 0 radical (unpaired) electrons. The number of nitrogens with two attached hydrogens (primary N) is 1. The third-order valence-electron chi connectivity index (χ3n) is 5.84. The van der Waals surface area contributed by atoms with Crippen LogP contribution in [0.25, 0.3) is 11.0 Å². The van der Waals surface area contributed by atoms with Gasteiger partial charge in [-0.25, -0.2) is 23.5 Å². The third-order valence-corrected chi connectivity index (χ3v) is 6.88. The van der Waals surface area contributed by atoms with Crippen molar-refractivity contribution < 1.29 is 13.6 Å². The van der Waals surface area contributed by atoms with Gasteiger partial charge in [-0.2, -0.15) is 0 Å². The molecule has 1 aliphatic rings. The van der Waals surface area contributed by atoms with Gasteiger partial charge in [-0.1, -0.05) is 24.6 Å². The van der Waals surface area contributed by atoms with Crippen molar-refractivity contribution in [2.75, 3.05) is 16.4 Å². The monoisotopic (exact) mass is 480 g/mol. The first-order valence-corrected chi connectivity index (χ1v) is 11.7. The number of nitrogens with zero attached hydrogens (tertiary/aromatic N) is 3. The molecule has 10 heteroatoms. The van der Waals surface area contributed by atoms with Crippen molar-refractivity contribution in [3.63, 3.8) is 0 Å². The zero-order valence-electron chi connectivity index (χ0n) is 18.1. The third kappa shape index (κ3) is 4.54. The summed E-state index contributed by atoms with van der Waals surface area (Å²) in [6.07, 6.45) is 8.28. The Balaban J connectivity index is 1.31. The van der Waals surface area contributed by atoms with Crippen LogP contribution in [0.2, 0.25) is 0 Å². The van der Waals surface area contributed by atoms with Gasteiger partial charge in [0, 0.05) is 33.8 Å². The number of hydrogen-bond donors (Lipinski definition) is 3. The highest BCUT2D eigenvalue weighted by atomic mass is 32.2. The molecule has 5 rings (SSSR count). The molecule has 0 atom stereocenters. The number of amides is 2. The highest BCUT2D eigenvalue weighted by molar-refractivity contribution is 7.99. The minimum atomic E-state index is -0.845. The average Bonchev–Trinajstić information content (AvgIpc) is 3.46. The van der Waals surface area contributed by atoms with E-state index in [1.807, 2.05) is 12.1 Å². The van der Waals surface area contributed by atoms with Crippen molar-refractivity contribution in [3.8, 4) is 0 Å². The molecule has 174 valence electrons. The minimum absolute atomic E-state index is 0.107. The number of benzene rings is 2. The lowest BCUT2D eigenvalue weighted by atomic mass is 10.2. The number of nitrogen functional groups attached to an aromatic ring is 1. The highest BCUT2D eigenvalue weighted by Gasteiger charge is 2.22. The Morgan fingerprint density at radius 3 is 2.56 bits per heavy atom. The molecule has 4 aromatic rings. The van der Waals surface area contributed by atoms with Gasteiger partial charge in [-0.15, -0.1) is 0 Å². The van der Waals surface area contributed by atoms with Gasteiger partial charge < -0.3 is 20.9 Å².